The number of carbonyl (C=O) groups is 2. The van der Waals surface area contributed by atoms with Gasteiger partial charge in [0.2, 0.25) is 0 Å². The van der Waals surface area contributed by atoms with Gasteiger partial charge in [0.05, 0.1) is 45.4 Å². The predicted octanol–water partition coefficient (Wildman–Crippen LogP) is 4.36. The Morgan fingerprint density at radius 3 is 1.40 bits per heavy atom. The Morgan fingerprint density at radius 2 is 1.02 bits per heavy atom. The molecule has 0 aliphatic carbocycles. The maximum atomic E-state index is 14.5. The molecule has 3 aromatic carbocycles. The molecule has 0 unspecified atom stereocenters. The molecule has 18 N–H and O–H groups in total. The van der Waals surface area contributed by atoms with Crippen LogP contribution >= 0.6 is 23.5 Å². The highest BCUT2D eigenvalue weighted by Crippen LogP contribution is 2.40. The van der Waals surface area contributed by atoms with Crippen LogP contribution in [0.3, 0.4) is 0 Å². The monoisotopic (exact) mass is 837 g/mol. The molecule has 0 aliphatic rings. The topological polar surface area (TPSA) is 314 Å². The first-order chi connectivity index (χ1) is 27.1. The summed E-state index contributed by atoms with van der Waals surface area (Å²) < 4.78 is 12.2. The fourth-order valence-corrected chi connectivity index (χ4v) is 7.07. The molecular weight excluding hydrogens is 779 g/mol. The van der Waals surface area contributed by atoms with Gasteiger partial charge in [-0.2, -0.15) is 0 Å². The molecule has 0 aromatic heterocycles. The Kier molecular flexibility index (Phi) is 16.6. The number of guanidine groups is 3. The molecule has 0 fully saturated rings. The van der Waals surface area contributed by atoms with Crippen molar-refractivity contribution in [2.45, 2.75) is 69.1 Å². The lowest BCUT2D eigenvalue weighted by atomic mass is 9.86. The number of carbonyl (C=O) groups excluding carboxylic acids is 2. The Labute approximate surface area is 349 Å². The van der Waals surface area contributed by atoms with E-state index in [4.69, 9.17) is 54.4 Å². The minimum Gasteiger partial charge on any atom is -0.491 e. The highest BCUT2D eigenvalue weighted by Gasteiger charge is 2.26. The van der Waals surface area contributed by atoms with Gasteiger partial charge in [-0.15, -0.1) is 23.5 Å². The number of amides is 2. The summed E-state index contributed by atoms with van der Waals surface area (Å²) >= 11 is 2.87. The van der Waals surface area contributed by atoms with Crippen LogP contribution in [0.15, 0.2) is 46.2 Å². The molecule has 2 amide bonds. The smallest absolute Gasteiger partial charge is 0.259 e. The molecule has 19 heteroatoms. The van der Waals surface area contributed by atoms with Crippen LogP contribution < -0.4 is 64.7 Å². The summed E-state index contributed by atoms with van der Waals surface area (Å²) in [4.78, 5) is 30.3. The van der Waals surface area contributed by atoms with Crippen LogP contribution in [-0.4, -0.2) is 74.0 Å². The third-order valence-electron chi connectivity index (χ3n) is 8.34. The van der Waals surface area contributed by atoms with Crippen molar-refractivity contribution in [1.82, 2.24) is 16.0 Å². The van der Waals surface area contributed by atoms with E-state index in [1.165, 1.54) is 35.7 Å². The van der Waals surface area contributed by atoms with Crippen molar-refractivity contribution in [1.29, 1.82) is 16.2 Å². The van der Waals surface area contributed by atoms with Crippen LogP contribution in [0.2, 0.25) is 0 Å². The zero-order chi connectivity index (χ0) is 43.4. The summed E-state index contributed by atoms with van der Waals surface area (Å²) in [5.74, 6) is -0.515. The Hall–Kier alpha value is -5.69. The molecule has 0 saturated heterocycles. The lowest BCUT2D eigenvalue weighted by Gasteiger charge is -2.24. The Balaban J connectivity index is 2.22. The van der Waals surface area contributed by atoms with Crippen molar-refractivity contribution < 1.29 is 19.1 Å². The molecule has 316 valence electrons. The van der Waals surface area contributed by atoms with E-state index in [0.717, 1.165) is 11.1 Å². The van der Waals surface area contributed by atoms with Gasteiger partial charge in [-0.3, -0.25) is 25.8 Å². The molecule has 0 radical (unpaired) electrons. The normalized spacial score (nSPS) is 11.3. The molecule has 3 rings (SSSR count). The van der Waals surface area contributed by atoms with Gasteiger partial charge in [-0.1, -0.05) is 48.5 Å². The van der Waals surface area contributed by atoms with E-state index in [1.54, 1.807) is 0 Å². The molecule has 0 heterocycles. The second-order valence-corrected chi connectivity index (χ2v) is 17.5. The molecule has 0 atom stereocenters. The SMILES string of the molecule is CCSc1c(N)cc(C(C)(C)C)cc1NC(=O)c1cc(C(=O)Nc2cc(C(C)(C)C)cc(N)c2SCCNC(=N)N)c(OCCNC(=N)N)cc1OCCNC(=N)N. The number of hydrogen-bond donors (Lipinski definition) is 13. The Morgan fingerprint density at radius 1 is 0.621 bits per heavy atom. The number of benzene rings is 3. The fraction of sp³-hybridized carbons (Fsp3) is 0.410. The number of rotatable bonds is 18. The largest absolute Gasteiger partial charge is 0.491 e. The average Bonchev–Trinajstić information content (AvgIpc) is 3.11. The van der Waals surface area contributed by atoms with E-state index in [2.05, 4.69) is 26.6 Å². The van der Waals surface area contributed by atoms with E-state index in [1.807, 2.05) is 72.7 Å². The van der Waals surface area contributed by atoms with Gasteiger partial charge < -0.3 is 64.7 Å². The predicted molar refractivity (Wildman–Crippen MR) is 239 cm³/mol. The third kappa shape index (κ3) is 13.8. The first-order valence-corrected chi connectivity index (χ1v) is 20.5. The van der Waals surface area contributed by atoms with Crippen molar-refractivity contribution in [3.05, 3.63) is 58.7 Å². The minimum absolute atomic E-state index is 0.00191. The summed E-state index contributed by atoms with van der Waals surface area (Å²) in [7, 11) is 0. The van der Waals surface area contributed by atoms with Crippen LogP contribution in [0.5, 0.6) is 11.5 Å². The molecular formula is C39H59N13O4S2. The lowest BCUT2D eigenvalue weighted by molar-refractivity contribution is 0.102. The average molecular weight is 838 g/mol. The highest BCUT2D eigenvalue weighted by molar-refractivity contribution is 7.99. The van der Waals surface area contributed by atoms with Crippen LogP contribution in [0, 0.1) is 16.2 Å². The van der Waals surface area contributed by atoms with Crippen molar-refractivity contribution in [3.8, 4) is 11.5 Å². The molecule has 0 bridgehead atoms. The number of hydrogen-bond acceptors (Lipinski definition) is 11. The van der Waals surface area contributed by atoms with Crippen LogP contribution in [0.4, 0.5) is 22.7 Å². The van der Waals surface area contributed by atoms with Crippen molar-refractivity contribution in [3.63, 3.8) is 0 Å². The van der Waals surface area contributed by atoms with E-state index in [9.17, 15) is 9.59 Å². The molecule has 58 heavy (non-hydrogen) atoms. The summed E-state index contributed by atoms with van der Waals surface area (Å²) in [5, 5.41) is 36.7. The lowest BCUT2D eigenvalue weighted by Crippen LogP contribution is -2.34. The van der Waals surface area contributed by atoms with Crippen molar-refractivity contribution in [2.75, 3.05) is 66.5 Å². The Bertz CT molecular complexity index is 2000. The van der Waals surface area contributed by atoms with Gasteiger partial charge in [0.25, 0.3) is 11.8 Å². The number of anilines is 4. The zero-order valence-electron chi connectivity index (χ0n) is 34.3. The second-order valence-electron chi connectivity index (χ2n) is 15.1. The number of nitrogens with two attached hydrogens (primary N) is 5. The second kappa shape index (κ2) is 20.6. The molecule has 0 spiro atoms. The highest BCUT2D eigenvalue weighted by atomic mass is 32.2. The van der Waals surface area contributed by atoms with Crippen molar-refractivity contribution in [2.24, 2.45) is 17.2 Å². The number of nitrogens with one attached hydrogen (secondary N) is 8. The summed E-state index contributed by atoms with van der Waals surface area (Å²) in [6.07, 6.45) is 0. The van der Waals surface area contributed by atoms with Gasteiger partial charge in [0.15, 0.2) is 17.9 Å². The molecule has 17 nitrogen and oxygen atoms in total. The fourth-order valence-electron chi connectivity index (χ4n) is 5.39. The van der Waals surface area contributed by atoms with Crippen LogP contribution in [0.1, 0.15) is 80.3 Å². The van der Waals surface area contributed by atoms with E-state index < -0.39 is 11.8 Å². The molecule has 0 saturated carbocycles. The third-order valence-corrected chi connectivity index (χ3v) is 10.5. The van der Waals surface area contributed by atoms with E-state index >= 15 is 0 Å². The standard InChI is InChI=1S/C39H59N13O4S2/c1-8-57-31-25(40)15-21(38(2,3)4)17-27(31)51-33(53)23-19-24(30(56-13-10-49-36(44)45)20-29(23)55-12-9-48-35(42)43)34(54)52-28-18-22(39(5,6)7)16-26(41)32(28)58-14-11-50-37(46)47/h15-20H,8-14,40-41H2,1-7H3,(H,51,53)(H,52,54)(H4,42,43,48)(H4,44,45,49)(H4,46,47,50). The summed E-state index contributed by atoms with van der Waals surface area (Å²) in [6.45, 7) is 14.9. The van der Waals surface area contributed by atoms with E-state index in [0.29, 0.717) is 50.6 Å². The van der Waals surface area contributed by atoms with Gasteiger partial charge in [-0.05, 0) is 58.0 Å². The quantitative estimate of drug-likeness (QED) is 0.0279. The molecule has 3 aromatic rings. The first kappa shape index (κ1) is 46.7. The van der Waals surface area contributed by atoms with Gasteiger partial charge in [0.1, 0.15) is 24.7 Å². The zero-order valence-corrected chi connectivity index (χ0v) is 35.9. The minimum atomic E-state index is -0.608. The maximum Gasteiger partial charge on any atom is 0.259 e. The molecule has 0 aliphatic heterocycles. The van der Waals surface area contributed by atoms with Gasteiger partial charge in [0, 0.05) is 29.7 Å². The van der Waals surface area contributed by atoms with Crippen LogP contribution in [-0.2, 0) is 10.8 Å². The van der Waals surface area contributed by atoms with Crippen LogP contribution in [0.25, 0.3) is 0 Å². The maximum absolute atomic E-state index is 14.5. The summed E-state index contributed by atoms with van der Waals surface area (Å²) in [6, 6.07) is 10.4. The number of ether oxygens (including phenoxy) is 2. The van der Waals surface area contributed by atoms with E-state index in [-0.39, 0.29) is 77.6 Å². The van der Waals surface area contributed by atoms with Gasteiger partial charge in [-0.25, -0.2) is 0 Å². The van der Waals surface area contributed by atoms with Gasteiger partial charge >= 0.3 is 0 Å². The number of nitrogen functional groups attached to an aromatic ring is 2. The van der Waals surface area contributed by atoms with Crippen molar-refractivity contribution >= 4 is 76.0 Å². The first-order valence-electron chi connectivity index (χ1n) is 18.6. The summed E-state index contributed by atoms with van der Waals surface area (Å²) in [5.41, 5.74) is 32.7. The number of thioether (sulfide) groups is 2.